The predicted molar refractivity (Wildman–Crippen MR) is 16.1 cm³/mol. The van der Waals surface area contributed by atoms with E-state index in [1.807, 2.05) is 0 Å². The van der Waals surface area contributed by atoms with Crippen LogP contribution < -0.4 is 5.73 Å². The largest absolute Gasteiger partial charge is 0.328 e. The molecular weight excluding hydrogens is 73.0 g/mol. The molecule has 0 aliphatic carbocycles. The maximum atomic E-state index is 10.4. The molecule has 0 rings (SSSR count). The average molecular weight is 79.1 g/mol. The van der Waals surface area contributed by atoms with Crippen molar-refractivity contribution in [2.24, 2.45) is 5.73 Å². The van der Waals surface area contributed by atoms with Gasteiger partial charge in [0.25, 0.3) is 0 Å². The summed E-state index contributed by atoms with van der Waals surface area (Å²) in [6, 6.07) is 0. The maximum Gasteiger partial charge on any atom is 0.0998 e. The Kier molecular flexibility index (Phi) is 3.73. The third kappa shape index (κ3) is 3.85. The second kappa shape index (κ2) is 3.85. The molecule has 0 aromatic carbocycles. The van der Waals surface area contributed by atoms with Crippen molar-refractivity contribution in [2.45, 2.75) is 0 Å². The molecule has 0 spiro atoms. The molecule has 0 bridgehead atoms. The van der Waals surface area contributed by atoms with Crippen LogP contribution in [0.3, 0.4) is 0 Å². The lowest BCUT2D eigenvalue weighted by Crippen LogP contribution is -2.03. The summed E-state index contributed by atoms with van der Waals surface area (Å²) in [6.07, 6.45) is 0. The fourth-order valence-corrected chi connectivity index (χ4v) is 0.0445. The minimum absolute atomic E-state index is 0. The number of nitrogens with two attached hydrogens (primary N) is 1. The molecule has 0 saturated heterocycles. The molecular formula is C2H6FNO. The predicted octanol–water partition coefficient (Wildman–Crippen LogP) is -0.154. The summed E-state index contributed by atoms with van der Waals surface area (Å²) >= 11 is 0. The first-order valence-electron chi connectivity index (χ1n) is 1.35. The van der Waals surface area contributed by atoms with Gasteiger partial charge in [0.15, 0.2) is 0 Å². The monoisotopic (exact) mass is 79.0 g/mol. The molecule has 2 N–H and O–H groups in total. The second-order valence-corrected chi connectivity index (χ2v) is 0.602. The van der Waals surface area contributed by atoms with Gasteiger partial charge in [0.2, 0.25) is 0 Å². The summed E-state index contributed by atoms with van der Waals surface area (Å²) in [6.45, 7) is 0.247. The third-order valence-electron chi connectivity index (χ3n) is 0.195. The Labute approximate surface area is 29.6 Å². The smallest absolute Gasteiger partial charge is 0.0998 e. The Bertz CT molecular complexity index is 17.1. The first-order valence-corrected chi connectivity index (χ1v) is 1.35. The van der Waals surface area contributed by atoms with Gasteiger partial charge in [-0.1, -0.05) is 0 Å². The fourth-order valence-electron chi connectivity index (χ4n) is 0.0445. The van der Waals surface area contributed by atoms with Crippen molar-refractivity contribution in [2.75, 3.05) is 13.2 Å². The highest BCUT2D eigenvalue weighted by atomic mass is 19.3. The van der Waals surface area contributed by atoms with Crippen molar-refractivity contribution in [1.29, 1.82) is 0 Å². The molecule has 3 heteroatoms. The van der Waals surface area contributed by atoms with Gasteiger partial charge < -0.3 is 5.73 Å². The van der Waals surface area contributed by atoms with E-state index in [4.69, 9.17) is 5.73 Å². The van der Waals surface area contributed by atoms with Crippen molar-refractivity contribution in [1.82, 2.24) is 0 Å². The van der Waals surface area contributed by atoms with Crippen LogP contribution in [-0.2, 0) is 4.94 Å². The molecule has 2 nitrogen and oxygen atoms in total. The zero-order valence-electron chi connectivity index (χ0n) is 2.78. The van der Waals surface area contributed by atoms with E-state index in [0.29, 0.717) is 0 Å². The Morgan fingerprint density at radius 3 is 2.40 bits per heavy atom. The highest BCUT2D eigenvalue weighted by Crippen LogP contribution is 1.63. The molecule has 0 aromatic rings. The van der Waals surface area contributed by atoms with Crippen LogP contribution in [-0.4, -0.2) is 13.2 Å². The third-order valence-corrected chi connectivity index (χ3v) is 0.195. The van der Waals surface area contributed by atoms with Gasteiger partial charge in [-0.2, -0.15) is 4.94 Å². The van der Waals surface area contributed by atoms with Crippen LogP contribution in [0.4, 0.5) is 4.53 Å². The Morgan fingerprint density at radius 2 is 2.40 bits per heavy atom. The summed E-state index contributed by atoms with van der Waals surface area (Å²) < 4.78 is 10.4. The standard InChI is InChI=1S/C2H6FNO/c3-5-2-1-4/h1-2,4H2. The van der Waals surface area contributed by atoms with Crippen molar-refractivity contribution < 1.29 is 9.47 Å². The van der Waals surface area contributed by atoms with Crippen molar-refractivity contribution in [3.63, 3.8) is 0 Å². The van der Waals surface area contributed by atoms with Gasteiger partial charge in [-0.15, -0.1) is 0 Å². The van der Waals surface area contributed by atoms with E-state index in [0.717, 1.165) is 0 Å². The molecule has 32 valence electrons. The zero-order valence-corrected chi connectivity index (χ0v) is 2.78. The van der Waals surface area contributed by atoms with E-state index < -0.39 is 0 Å². The molecule has 0 radical (unpaired) electrons. The number of halogens is 1. The Morgan fingerprint density at radius 1 is 1.80 bits per heavy atom. The topological polar surface area (TPSA) is 35.2 Å². The lowest BCUT2D eigenvalue weighted by molar-refractivity contribution is -0.128. The van der Waals surface area contributed by atoms with Gasteiger partial charge in [-0.05, 0) is 4.53 Å². The van der Waals surface area contributed by atoms with E-state index in [2.05, 4.69) is 4.94 Å². The zero-order chi connectivity index (χ0) is 4.12. The number of hydrogen-bond donors (Lipinski definition) is 1. The first-order chi connectivity index (χ1) is 2.41. The van der Waals surface area contributed by atoms with Crippen LogP contribution in [0, 0.1) is 0 Å². The SMILES string of the molecule is NCCOF. The molecule has 0 saturated carbocycles. The van der Waals surface area contributed by atoms with E-state index >= 15 is 0 Å². The Balaban J connectivity index is 2.19. The van der Waals surface area contributed by atoms with E-state index in [9.17, 15) is 4.53 Å². The molecule has 0 heterocycles. The van der Waals surface area contributed by atoms with Gasteiger partial charge >= 0.3 is 0 Å². The van der Waals surface area contributed by atoms with Crippen molar-refractivity contribution in [3.05, 3.63) is 0 Å². The summed E-state index contributed by atoms with van der Waals surface area (Å²) in [5.74, 6) is 0. The van der Waals surface area contributed by atoms with Crippen LogP contribution in [0.1, 0.15) is 0 Å². The van der Waals surface area contributed by atoms with Crippen molar-refractivity contribution in [3.8, 4) is 0 Å². The molecule has 0 unspecified atom stereocenters. The number of hydrogen-bond acceptors (Lipinski definition) is 2. The molecule has 0 aromatic heterocycles. The van der Waals surface area contributed by atoms with Crippen LogP contribution in [0.5, 0.6) is 0 Å². The van der Waals surface area contributed by atoms with Crippen molar-refractivity contribution >= 4 is 0 Å². The normalized spacial score (nSPS) is 8.40. The second-order valence-electron chi connectivity index (χ2n) is 0.602. The fraction of sp³-hybridized carbons (Fsp3) is 1.00. The van der Waals surface area contributed by atoms with Crippen LogP contribution >= 0.6 is 0 Å². The summed E-state index contributed by atoms with van der Waals surface area (Å²) in [5.41, 5.74) is 4.77. The molecule has 5 heavy (non-hydrogen) atoms. The van der Waals surface area contributed by atoms with Crippen LogP contribution in [0.25, 0.3) is 0 Å². The first kappa shape index (κ1) is 4.85. The van der Waals surface area contributed by atoms with Crippen LogP contribution in [0.2, 0.25) is 0 Å². The van der Waals surface area contributed by atoms with E-state index in [1.54, 1.807) is 0 Å². The minimum Gasteiger partial charge on any atom is -0.328 e. The van der Waals surface area contributed by atoms with Gasteiger partial charge in [-0.25, -0.2) is 0 Å². The van der Waals surface area contributed by atoms with Gasteiger partial charge in [-0.3, -0.25) is 0 Å². The summed E-state index contributed by atoms with van der Waals surface area (Å²) in [5, 5.41) is 0. The molecule has 0 fully saturated rings. The van der Waals surface area contributed by atoms with Crippen LogP contribution in [0.15, 0.2) is 0 Å². The van der Waals surface area contributed by atoms with E-state index in [1.165, 1.54) is 0 Å². The highest BCUT2D eigenvalue weighted by molar-refractivity contribution is 4.20. The lowest BCUT2D eigenvalue weighted by Gasteiger charge is -1.78. The minimum atomic E-state index is 0. The molecule has 0 atom stereocenters. The maximum absolute atomic E-state index is 10.4. The number of rotatable bonds is 2. The van der Waals surface area contributed by atoms with Gasteiger partial charge in [0.1, 0.15) is 0 Å². The van der Waals surface area contributed by atoms with Gasteiger partial charge in [0.05, 0.1) is 6.61 Å². The molecule has 0 aliphatic rings. The molecule has 0 amide bonds. The average Bonchev–Trinajstić information content (AvgIpc) is 1.41. The lowest BCUT2D eigenvalue weighted by atomic mass is 10.8. The molecule has 0 aliphatic heterocycles. The summed E-state index contributed by atoms with van der Waals surface area (Å²) in [7, 11) is 0. The quantitative estimate of drug-likeness (QED) is 0.499. The summed E-state index contributed by atoms with van der Waals surface area (Å²) in [4.78, 5) is 3.07. The van der Waals surface area contributed by atoms with Gasteiger partial charge in [0, 0.05) is 6.54 Å². The highest BCUT2D eigenvalue weighted by Gasteiger charge is 1.70. The Hall–Kier alpha value is -0.150. The van der Waals surface area contributed by atoms with E-state index in [-0.39, 0.29) is 13.2 Å².